The zero-order valence-electron chi connectivity index (χ0n) is 15.8. The highest BCUT2D eigenvalue weighted by atomic mass is 19.4. The second kappa shape index (κ2) is 6.74. The summed E-state index contributed by atoms with van der Waals surface area (Å²) in [5.41, 5.74) is -2.25. The number of amides is 1. The lowest BCUT2D eigenvalue weighted by Gasteiger charge is -2.31. The van der Waals surface area contributed by atoms with Gasteiger partial charge in [-0.25, -0.2) is 0 Å². The molecule has 28 heavy (non-hydrogen) atoms. The van der Waals surface area contributed by atoms with E-state index in [-0.39, 0.29) is 16.5 Å². The first-order chi connectivity index (χ1) is 12.9. The van der Waals surface area contributed by atoms with Gasteiger partial charge in [0.05, 0.1) is 6.42 Å². The minimum atomic E-state index is -4.74. The van der Waals surface area contributed by atoms with Crippen LogP contribution < -0.4 is 0 Å². The van der Waals surface area contributed by atoms with Gasteiger partial charge in [0.25, 0.3) is 5.91 Å². The number of carbonyl (C=O) groups is 1. The van der Waals surface area contributed by atoms with Crippen LogP contribution in [0.3, 0.4) is 0 Å². The molecule has 0 unspecified atom stereocenters. The third-order valence-electron chi connectivity index (χ3n) is 4.74. The van der Waals surface area contributed by atoms with E-state index in [2.05, 4.69) is 5.10 Å². The predicted molar refractivity (Wildman–Crippen MR) is 99.8 cm³/mol. The average molecular weight is 390 g/mol. The number of benzene rings is 2. The van der Waals surface area contributed by atoms with E-state index in [1.165, 1.54) is 24.3 Å². The van der Waals surface area contributed by atoms with Crippen molar-refractivity contribution in [1.29, 1.82) is 0 Å². The lowest BCUT2D eigenvalue weighted by atomic mass is 9.86. The Kier molecular flexibility index (Phi) is 4.83. The fourth-order valence-corrected chi connectivity index (χ4v) is 3.08. The van der Waals surface area contributed by atoms with Gasteiger partial charge in [-0.2, -0.15) is 23.3 Å². The van der Waals surface area contributed by atoms with Crippen molar-refractivity contribution < 1.29 is 23.1 Å². The van der Waals surface area contributed by atoms with E-state index in [1.807, 2.05) is 20.8 Å². The van der Waals surface area contributed by atoms with Crippen molar-refractivity contribution in [1.82, 2.24) is 5.01 Å². The summed E-state index contributed by atoms with van der Waals surface area (Å²) in [6.45, 7) is 6.04. The van der Waals surface area contributed by atoms with Crippen LogP contribution in [0.1, 0.15) is 48.7 Å². The zero-order valence-corrected chi connectivity index (χ0v) is 15.8. The summed E-state index contributed by atoms with van der Waals surface area (Å²) in [6, 6.07) is 14.4. The molecule has 0 spiro atoms. The molecule has 4 nitrogen and oxygen atoms in total. The summed E-state index contributed by atoms with van der Waals surface area (Å²) < 4.78 is 39.8. The molecular weight excluding hydrogens is 369 g/mol. The monoisotopic (exact) mass is 390 g/mol. The molecule has 0 saturated carbocycles. The van der Waals surface area contributed by atoms with Crippen molar-refractivity contribution in [3.63, 3.8) is 0 Å². The lowest BCUT2D eigenvalue weighted by Crippen LogP contribution is -2.43. The SMILES string of the molecule is CC(C)(C)c1ccc(C(=O)N2N=C(C(F)(F)F)C[C@]2(O)c2ccccc2)cc1. The summed E-state index contributed by atoms with van der Waals surface area (Å²) in [5, 5.41) is 15.1. The Bertz CT molecular complexity index is 900. The number of nitrogens with zero attached hydrogens (tertiary/aromatic N) is 2. The van der Waals surface area contributed by atoms with Gasteiger partial charge in [-0.1, -0.05) is 63.2 Å². The van der Waals surface area contributed by atoms with Gasteiger partial charge >= 0.3 is 6.18 Å². The van der Waals surface area contributed by atoms with Crippen molar-refractivity contribution in [2.75, 3.05) is 0 Å². The van der Waals surface area contributed by atoms with Crippen LogP contribution >= 0.6 is 0 Å². The van der Waals surface area contributed by atoms with Crippen LogP contribution in [0.25, 0.3) is 0 Å². The summed E-state index contributed by atoms with van der Waals surface area (Å²) in [6.07, 6.45) is -5.57. The molecular formula is C21H21F3N2O2. The number of hydrogen-bond donors (Lipinski definition) is 1. The first-order valence-corrected chi connectivity index (χ1v) is 8.80. The Morgan fingerprint density at radius 2 is 1.61 bits per heavy atom. The number of alkyl halides is 3. The molecule has 1 heterocycles. The molecule has 0 saturated heterocycles. The van der Waals surface area contributed by atoms with Crippen molar-refractivity contribution in [3.8, 4) is 0 Å². The highest BCUT2D eigenvalue weighted by molar-refractivity contribution is 5.99. The van der Waals surface area contributed by atoms with Crippen molar-refractivity contribution >= 4 is 11.6 Å². The topological polar surface area (TPSA) is 52.9 Å². The molecule has 148 valence electrons. The van der Waals surface area contributed by atoms with Crippen molar-refractivity contribution in [3.05, 3.63) is 71.3 Å². The standard InChI is InChI=1S/C21H21F3N2O2/c1-19(2,3)15-11-9-14(10-12-15)18(27)26-20(28,16-7-5-4-6-8-16)13-17(25-26)21(22,23)24/h4-12,28H,13H2,1-3H3/t20-/m0/s1. The minimum Gasteiger partial charge on any atom is -0.365 e. The Morgan fingerprint density at radius 3 is 2.11 bits per heavy atom. The van der Waals surface area contributed by atoms with Crippen LogP contribution in [0.15, 0.2) is 59.7 Å². The van der Waals surface area contributed by atoms with E-state index in [4.69, 9.17) is 0 Å². The number of hydrogen-bond acceptors (Lipinski definition) is 3. The molecule has 0 aliphatic carbocycles. The third kappa shape index (κ3) is 3.67. The fraction of sp³-hybridized carbons (Fsp3) is 0.333. The maximum atomic E-state index is 13.3. The molecule has 0 aromatic heterocycles. The van der Waals surface area contributed by atoms with Crippen molar-refractivity contribution in [2.24, 2.45) is 5.10 Å². The number of carbonyl (C=O) groups excluding carboxylic acids is 1. The molecule has 2 aromatic carbocycles. The molecule has 1 amide bonds. The Balaban J connectivity index is 2.02. The minimum absolute atomic E-state index is 0.137. The number of rotatable bonds is 2. The first kappa shape index (κ1) is 20.1. The second-order valence-corrected chi connectivity index (χ2v) is 7.85. The quantitative estimate of drug-likeness (QED) is 0.815. The summed E-state index contributed by atoms with van der Waals surface area (Å²) in [7, 11) is 0. The van der Waals surface area contributed by atoms with Gasteiger partial charge in [0.1, 0.15) is 5.71 Å². The fourth-order valence-electron chi connectivity index (χ4n) is 3.08. The van der Waals surface area contributed by atoms with Gasteiger partial charge in [-0.05, 0) is 23.1 Å². The highest BCUT2D eigenvalue weighted by Crippen LogP contribution is 2.40. The van der Waals surface area contributed by atoms with E-state index in [9.17, 15) is 23.1 Å². The number of aliphatic hydroxyl groups is 1. The van der Waals surface area contributed by atoms with Crippen LogP contribution in [0.5, 0.6) is 0 Å². The van der Waals surface area contributed by atoms with Crippen molar-refractivity contribution in [2.45, 2.75) is 44.5 Å². The number of halogens is 3. The lowest BCUT2D eigenvalue weighted by molar-refractivity contribution is -0.0816. The van der Waals surface area contributed by atoms with E-state index >= 15 is 0 Å². The Morgan fingerprint density at radius 1 is 1.04 bits per heavy atom. The molecule has 3 rings (SSSR count). The summed E-state index contributed by atoms with van der Waals surface area (Å²) in [5.74, 6) is -0.800. The summed E-state index contributed by atoms with van der Waals surface area (Å²) >= 11 is 0. The van der Waals surface area contributed by atoms with Crippen LogP contribution in [0.4, 0.5) is 13.2 Å². The average Bonchev–Trinajstić information content (AvgIpc) is 3.00. The normalized spacial score (nSPS) is 20.2. The van der Waals surface area contributed by atoms with Gasteiger partial charge in [0.2, 0.25) is 0 Å². The maximum absolute atomic E-state index is 13.3. The molecule has 7 heteroatoms. The van der Waals surface area contributed by atoms with Gasteiger partial charge in [0.15, 0.2) is 5.72 Å². The summed E-state index contributed by atoms with van der Waals surface area (Å²) in [4.78, 5) is 13.0. The van der Waals surface area contributed by atoms with E-state index < -0.39 is 29.9 Å². The third-order valence-corrected chi connectivity index (χ3v) is 4.74. The van der Waals surface area contributed by atoms with E-state index in [1.54, 1.807) is 30.3 Å². The predicted octanol–water partition coefficient (Wildman–Crippen LogP) is 4.59. The largest absolute Gasteiger partial charge is 0.431 e. The maximum Gasteiger partial charge on any atom is 0.431 e. The molecule has 0 fully saturated rings. The van der Waals surface area contributed by atoms with Crippen LogP contribution in [0.2, 0.25) is 0 Å². The van der Waals surface area contributed by atoms with Crippen LogP contribution in [0, 0.1) is 0 Å². The number of hydrazone groups is 1. The molecule has 1 atom stereocenters. The van der Waals surface area contributed by atoms with Gasteiger partial charge in [0, 0.05) is 11.1 Å². The van der Waals surface area contributed by atoms with Crippen LogP contribution in [-0.4, -0.2) is 27.9 Å². The molecule has 0 bridgehead atoms. The Labute approximate surface area is 161 Å². The smallest absolute Gasteiger partial charge is 0.365 e. The van der Waals surface area contributed by atoms with Gasteiger partial charge in [-0.3, -0.25) is 4.79 Å². The molecule has 1 aliphatic rings. The van der Waals surface area contributed by atoms with Gasteiger partial charge in [-0.15, -0.1) is 0 Å². The molecule has 1 aliphatic heterocycles. The van der Waals surface area contributed by atoms with Gasteiger partial charge < -0.3 is 5.11 Å². The highest BCUT2D eigenvalue weighted by Gasteiger charge is 2.53. The molecule has 1 N–H and O–H groups in total. The Hall–Kier alpha value is -2.67. The molecule has 0 radical (unpaired) electrons. The van der Waals surface area contributed by atoms with E-state index in [0.717, 1.165) is 5.56 Å². The first-order valence-electron chi connectivity index (χ1n) is 8.80. The van der Waals surface area contributed by atoms with E-state index in [0.29, 0.717) is 5.01 Å². The zero-order chi connectivity index (χ0) is 20.7. The molecule has 2 aromatic rings. The second-order valence-electron chi connectivity index (χ2n) is 7.85. The van der Waals surface area contributed by atoms with Crippen LogP contribution in [-0.2, 0) is 11.1 Å².